The molecule has 2 N–H and O–H groups in total. The fraction of sp³-hybridized carbons (Fsp3) is 0.227. The summed E-state index contributed by atoms with van der Waals surface area (Å²) in [5, 5.41) is 12.1. The van der Waals surface area contributed by atoms with Crippen molar-refractivity contribution in [3.05, 3.63) is 65.1 Å². The third-order valence-electron chi connectivity index (χ3n) is 4.39. The number of hydrogen-bond acceptors (Lipinski definition) is 5. The van der Waals surface area contributed by atoms with Gasteiger partial charge in [-0.25, -0.2) is 0 Å². The largest absolute Gasteiger partial charge is 0.508 e. The summed E-state index contributed by atoms with van der Waals surface area (Å²) >= 11 is 6.64. The van der Waals surface area contributed by atoms with Gasteiger partial charge in [-0.05, 0) is 48.4 Å². The number of benzene rings is 2. The minimum atomic E-state index is -0.0907. The van der Waals surface area contributed by atoms with E-state index in [1.165, 1.54) is 17.8 Å². The van der Waals surface area contributed by atoms with Crippen LogP contribution in [0.4, 0.5) is 10.5 Å². The van der Waals surface area contributed by atoms with Crippen molar-refractivity contribution >= 4 is 51.9 Å². The van der Waals surface area contributed by atoms with Crippen LogP contribution >= 0.6 is 24.0 Å². The van der Waals surface area contributed by atoms with Crippen LogP contribution in [0.2, 0.25) is 0 Å². The summed E-state index contributed by atoms with van der Waals surface area (Å²) in [5.41, 5.74) is 1.60. The minimum absolute atomic E-state index is 0.0428. The van der Waals surface area contributed by atoms with Gasteiger partial charge in [-0.2, -0.15) is 0 Å². The number of hydrogen-bond donors (Lipinski definition) is 2. The predicted molar refractivity (Wildman–Crippen MR) is 122 cm³/mol. The zero-order valence-electron chi connectivity index (χ0n) is 15.8. The molecule has 1 saturated heterocycles. The number of rotatable bonds is 8. The average molecular weight is 427 g/mol. The molecule has 5 nitrogen and oxygen atoms in total. The minimum Gasteiger partial charge on any atom is -0.508 e. The quantitative estimate of drug-likeness (QED) is 0.335. The van der Waals surface area contributed by atoms with Crippen molar-refractivity contribution in [2.45, 2.75) is 25.7 Å². The van der Waals surface area contributed by atoms with Crippen LogP contribution in [-0.4, -0.2) is 32.7 Å². The van der Waals surface area contributed by atoms with Crippen molar-refractivity contribution < 1.29 is 14.7 Å². The van der Waals surface area contributed by atoms with Crippen LogP contribution in [0.3, 0.4) is 0 Å². The number of nitrogens with one attached hydrogen (secondary N) is 1. The molecule has 1 heterocycles. The van der Waals surface area contributed by atoms with Crippen molar-refractivity contribution in [2.75, 3.05) is 11.9 Å². The van der Waals surface area contributed by atoms with Gasteiger partial charge in [-0.1, -0.05) is 55.0 Å². The lowest BCUT2D eigenvalue weighted by molar-refractivity contribution is -0.116. The van der Waals surface area contributed by atoms with Crippen LogP contribution in [0.15, 0.2) is 59.5 Å². The SMILES string of the molecule is O=C(CCCCCN1C(=O)S/C(=C\c2ccccc2)C1=S)Nc1cccc(O)c1. The molecule has 1 aliphatic rings. The second-order valence-electron chi connectivity index (χ2n) is 6.65. The molecule has 1 fully saturated rings. The number of thiocarbonyl (C=S) groups is 1. The molecule has 2 aromatic rings. The highest BCUT2D eigenvalue weighted by molar-refractivity contribution is 8.19. The number of nitrogens with zero attached hydrogens (tertiary/aromatic N) is 1. The number of anilines is 1. The van der Waals surface area contributed by atoms with E-state index in [2.05, 4.69) is 5.32 Å². The Morgan fingerprint density at radius 2 is 1.90 bits per heavy atom. The van der Waals surface area contributed by atoms with Gasteiger partial charge < -0.3 is 10.4 Å². The number of phenolic OH excluding ortho intramolecular Hbond substituents is 1. The average Bonchev–Trinajstić information content (AvgIpc) is 2.95. The zero-order valence-corrected chi connectivity index (χ0v) is 17.5. The lowest BCUT2D eigenvalue weighted by atomic mass is 10.1. The second kappa shape index (κ2) is 10.2. The van der Waals surface area contributed by atoms with Crippen molar-refractivity contribution in [1.82, 2.24) is 4.90 Å². The molecule has 0 aliphatic carbocycles. The molecular formula is C22H22N2O3S2. The maximum Gasteiger partial charge on any atom is 0.291 e. The molecule has 29 heavy (non-hydrogen) atoms. The molecule has 2 amide bonds. The summed E-state index contributed by atoms with van der Waals surface area (Å²) in [6.07, 6.45) is 4.66. The standard InChI is InChI=1S/C22H22N2O3S2/c25-18-11-7-10-17(15-18)23-20(26)12-5-2-6-13-24-21(28)19(29-22(24)27)14-16-8-3-1-4-9-16/h1,3-4,7-11,14-15,25H,2,5-6,12-13H2,(H,23,26)/b19-14-. The van der Waals surface area contributed by atoms with E-state index in [0.717, 1.165) is 29.7 Å². The van der Waals surface area contributed by atoms with E-state index in [4.69, 9.17) is 12.2 Å². The predicted octanol–water partition coefficient (Wildman–Crippen LogP) is 5.43. The Bertz CT molecular complexity index is 929. The normalized spacial score (nSPS) is 15.2. The molecule has 1 aliphatic heterocycles. The van der Waals surface area contributed by atoms with Gasteiger partial charge in [0.1, 0.15) is 10.7 Å². The van der Waals surface area contributed by atoms with Crippen LogP contribution in [0.1, 0.15) is 31.2 Å². The number of carbonyl (C=O) groups is 2. The highest BCUT2D eigenvalue weighted by Crippen LogP contribution is 2.33. The lowest BCUT2D eigenvalue weighted by Gasteiger charge is -2.14. The van der Waals surface area contributed by atoms with E-state index < -0.39 is 0 Å². The topological polar surface area (TPSA) is 69.6 Å². The van der Waals surface area contributed by atoms with Gasteiger partial charge in [-0.3, -0.25) is 14.5 Å². The molecule has 0 saturated carbocycles. The third kappa shape index (κ3) is 6.17. The highest BCUT2D eigenvalue weighted by Gasteiger charge is 2.30. The van der Waals surface area contributed by atoms with Crippen LogP contribution in [0.5, 0.6) is 5.75 Å². The maximum absolute atomic E-state index is 12.3. The van der Waals surface area contributed by atoms with Gasteiger partial charge in [0.2, 0.25) is 5.91 Å². The van der Waals surface area contributed by atoms with E-state index in [1.807, 2.05) is 36.4 Å². The van der Waals surface area contributed by atoms with Gasteiger partial charge in [0.05, 0.1) is 4.91 Å². The molecule has 3 rings (SSSR count). The molecule has 2 aromatic carbocycles. The fourth-order valence-corrected chi connectivity index (χ4v) is 4.22. The molecular weight excluding hydrogens is 404 g/mol. The van der Waals surface area contributed by atoms with Gasteiger partial charge >= 0.3 is 0 Å². The van der Waals surface area contributed by atoms with Crippen LogP contribution in [-0.2, 0) is 4.79 Å². The van der Waals surface area contributed by atoms with Crippen LogP contribution < -0.4 is 5.32 Å². The van der Waals surface area contributed by atoms with Gasteiger partial charge in [-0.15, -0.1) is 0 Å². The number of carbonyl (C=O) groups excluding carboxylic acids is 2. The first-order chi connectivity index (χ1) is 14.0. The van der Waals surface area contributed by atoms with Crippen molar-refractivity contribution in [1.29, 1.82) is 0 Å². The molecule has 7 heteroatoms. The van der Waals surface area contributed by atoms with Crippen molar-refractivity contribution in [2.24, 2.45) is 0 Å². The third-order valence-corrected chi connectivity index (χ3v) is 5.88. The number of phenols is 1. The Morgan fingerprint density at radius 1 is 1.10 bits per heavy atom. The first kappa shape index (κ1) is 21.1. The molecule has 0 atom stereocenters. The first-order valence-corrected chi connectivity index (χ1v) is 10.6. The van der Waals surface area contributed by atoms with Crippen LogP contribution in [0.25, 0.3) is 6.08 Å². The molecule has 0 radical (unpaired) electrons. The molecule has 0 bridgehead atoms. The van der Waals surface area contributed by atoms with Crippen LogP contribution in [0, 0.1) is 0 Å². The van der Waals surface area contributed by atoms with E-state index in [-0.39, 0.29) is 16.9 Å². The first-order valence-electron chi connectivity index (χ1n) is 9.42. The van der Waals surface area contributed by atoms with Gasteiger partial charge in [0, 0.05) is 24.7 Å². The molecule has 150 valence electrons. The van der Waals surface area contributed by atoms with E-state index >= 15 is 0 Å². The lowest BCUT2D eigenvalue weighted by Crippen LogP contribution is -2.28. The van der Waals surface area contributed by atoms with E-state index in [0.29, 0.717) is 23.6 Å². The number of unbranched alkanes of at least 4 members (excludes halogenated alkanes) is 2. The summed E-state index contributed by atoms with van der Waals surface area (Å²) in [6, 6.07) is 16.3. The van der Waals surface area contributed by atoms with Crippen molar-refractivity contribution in [3.8, 4) is 5.75 Å². The zero-order chi connectivity index (χ0) is 20.6. The number of amides is 2. The summed E-state index contributed by atoms with van der Waals surface area (Å²) in [4.78, 5) is 27.3. The molecule has 0 spiro atoms. The molecule has 0 aromatic heterocycles. The monoisotopic (exact) mass is 426 g/mol. The fourth-order valence-electron chi connectivity index (χ4n) is 2.93. The van der Waals surface area contributed by atoms with E-state index in [9.17, 15) is 14.7 Å². The van der Waals surface area contributed by atoms with Gasteiger partial charge in [0.15, 0.2) is 0 Å². The second-order valence-corrected chi connectivity index (χ2v) is 8.03. The Hall–Kier alpha value is -2.64. The smallest absolute Gasteiger partial charge is 0.291 e. The van der Waals surface area contributed by atoms with Gasteiger partial charge in [0.25, 0.3) is 5.24 Å². The molecule has 0 unspecified atom stereocenters. The van der Waals surface area contributed by atoms with E-state index in [1.54, 1.807) is 23.1 Å². The summed E-state index contributed by atoms with van der Waals surface area (Å²) in [5.74, 6) is 0.0274. The Balaban J connectivity index is 1.40. The summed E-state index contributed by atoms with van der Waals surface area (Å²) < 4.78 is 0. The Morgan fingerprint density at radius 3 is 2.66 bits per heavy atom. The Kier molecular flexibility index (Phi) is 7.43. The summed E-state index contributed by atoms with van der Waals surface area (Å²) in [6.45, 7) is 0.560. The number of thioether (sulfide) groups is 1. The number of aromatic hydroxyl groups is 1. The van der Waals surface area contributed by atoms with Crippen molar-refractivity contribution in [3.63, 3.8) is 0 Å². The highest BCUT2D eigenvalue weighted by atomic mass is 32.2. The maximum atomic E-state index is 12.3. The summed E-state index contributed by atoms with van der Waals surface area (Å²) in [7, 11) is 0. The Labute approximate surface area is 179 Å².